The van der Waals surface area contributed by atoms with Gasteiger partial charge in [-0.1, -0.05) is 6.07 Å². The number of aromatic nitrogens is 2. The average molecular weight is 304 g/mol. The molecule has 0 amide bonds. The highest BCUT2D eigenvalue weighted by Crippen LogP contribution is 2.21. The van der Waals surface area contributed by atoms with Crippen molar-refractivity contribution >= 4 is 16.5 Å². The zero-order chi connectivity index (χ0) is 15.5. The van der Waals surface area contributed by atoms with Gasteiger partial charge in [0.1, 0.15) is 0 Å². The van der Waals surface area contributed by atoms with Crippen LogP contribution in [0.15, 0.2) is 61.2 Å². The zero-order valence-corrected chi connectivity index (χ0v) is 13.0. The lowest BCUT2D eigenvalue weighted by atomic mass is 10.1. The second kappa shape index (κ2) is 6.34. The maximum Gasteiger partial charge on any atom is 0.0400 e. The van der Waals surface area contributed by atoms with Crippen molar-refractivity contribution in [3.05, 3.63) is 66.7 Å². The van der Waals surface area contributed by atoms with Gasteiger partial charge in [-0.25, -0.2) is 0 Å². The average Bonchev–Trinajstić information content (AvgIpc) is 3.02. The first-order valence-electron chi connectivity index (χ1n) is 8.08. The molecule has 1 atom stereocenters. The Labute approximate surface area is 136 Å². The highest BCUT2D eigenvalue weighted by atomic mass is 15.2. The molecule has 1 aliphatic rings. The molecule has 23 heavy (non-hydrogen) atoms. The first kappa shape index (κ1) is 14.2. The Morgan fingerprint density at radius 3 is 2.78 bits per heavy atom. The van der Waals surface area contributed by atoms with Crippen LogP contribution in [0.25, 0.3) is 10.8 Å². The molecule has 1 unspecified atom stereocenters. The van der Waals surface area contributed by atoms with E-state index in [0.717, 1.165) is 19.6 Å². The number of anilines is 1. The van der Waals surface area contributed by atoms with E-state index in [-0.39, 0.29) is 0 Å². The fourth-order valence-corrected chi connectivity index (χ4v) is 3.25. The summed E-state index contributed by atoms with van der Waals surface area (Å²) >= 11 is 0. The van der Waals surface area contributed by atoms with Crippen molar-refractivity contribution in [3.8, 4) is 0 Å². The van der Waals surface area contributed by atoms with Crippen molar-refractivity contribution in [1.82, 2.24) is 14.9 Å². The quantitative estimate of drug-likeness (QED) is 0.803. The predicted octanol–water partition coefficient (Wildman–Crippen LogP) is 3.32. The van der Waals surface area contributed by atoms with E-state index in [9.17, 15) is 0 Å². The van der Waals surface area contributed by atoms with Crippen LogP contribution in [0, 0.1) is 0 Å². The molecule has 3 heterocycles. The number of nitrogens with zero attached hydrogens (tertiary/aromatic N) is 3. The Bertz CT molecular complexity index is 787. The molecule has 0 radical (unpaired) electrons. The van der Waals surface area contributed by atoms with E-state index < -0.39 is 0 Å². The minimum absolute atomic E-state index is 0.510. The van der Waals surface area contributed by atoms with E-state index in [0.29, 0.717) is 6.04 Å². The van der Waals surface area contributed by atoms with Crippen molar-refractivity contribution in [2.45, 2.75) is 19.0 Å². The molecule has 0 saturated carbocycles. The molecule has 0 spiro atoms. The standard InChI is InChI=1S/C19H20N4/c1-2-18(11-16-5-9-21-12-17(1)16)22-19-6-10-23(14-19)13-15-3-7-20-8-4-15/h1-5,7-9,11-12,19,22H,6,10,13-14H2. The van der Waals surface area contributed by atoms with Gasteiger partial charge in [-0.2, -0.15) is 0 Å². The minimum Gasteiger partial charge on any atom is -0.381 e. The number of benzene rings is 1. The summed E-state index contributed by atoms with van der Waals surface area (Å²) in [6.45, 7) is 3.22. The second-order valence-corrected chi connectivity index (χ2v) is 6.16. The van der Waals surface area contributed by atoms with Crippen molar-refractivity contribution in [1.29, 1.82) is 0 Å². The fourth-order valence-electron chi connectivity index (χ4n) is 3.25. The van der Waals surface area contributed by atoms with Gasteiger partial charge in [0.2, 0.25) is 0 Å². The Hall–Kier alpha value is -2.46. The predicted molar refractivity (Wildman–Crippen MR) is 93.3 cm³/mol. The Kier molecular flexibility index (Phi) is 3.90. The molecule has 1 aromatic carbocycles. The summed E-state index contributed by atoms with van der Waals surface area (Å²) in [5, 5.41) is 6.09. The van der Waals surface area contributed by atoms with E-state index in [2.05, 4.69) is 56.6 Å². The topological polar surface area (TPSA) is 41.0 Å². The van der Waals surface area contributed by atoms with Gasteiger partial charge in [-0.3, -0.25) is 14.9 Å². The first-order valence-corrected chi connectivity index (χ1v) is 8.08. The van der Waals surface area contributed by atoms with Gasteiger partial charge < -0.3 is 5.32 Å². The third-order valence-corrected chi connectivity index (χ3v) is 4.44. The highest BCUT2D eigenvalue weighted by Gasteiger charge is 2.22. The number of hydrogen-bond acceptors (Lipinski definition) is 4. The van der Waals surface area contributed by atoms with E-state index in [1.165, 1.54) is 28.4 Å². The van der Waals surface area contributed by atoms with Gasteiger partial charge in [0.05, 0.1) is 0 Å². The maximum atomic E-state index is 4.16. The molecule has 116 valence electrons. The summed E-state index contributed by atoms with van der Waals surface area (Å²) in [5.41, 5.74) is 2.53. The summed E-state index contributed by atoms with van der Waals surface area (Å²) in [7, 11) is 0. The molecule has 0 aliphatic carbocycles. The molecule has 0 bridgehead atoms. The summed E-state index contributed by atoms with van der Waals surface area (Å²) in [4.78, 5) is 10.7. The van der Waals surface area contributed by atoms with Crippen LogP contribution in [0.4, 0.5) is 5.69 Å². The summed E-state index contributed by atoms with van der Waals surface area (Å²) in [5.74, 6) is 0. The van der Waals surface area contributed by atoms with Crippen molar-refractivity contribution in [2.24, 2.45) is 0 Å². The van der Waals surface area contributed by atoms with Gasteiger partial charge in [0, 0.05) is 61.5 Å². The normalized spacial score (nSPS) is 18.3. The number of hydrogen-bond donors (Lipinski definition) is 1. The lowest BCUT2D eigenvalue weighted by molar-refractivity contribution is 0.328. The first-order chi connectivity index (χ1) is 11.4. The van der Waals surface area contributed by atoms with Crippen molar-refractivity contribution < 1.29 is 0 Å². The van der Waals surface area contributed by atoms with Gasteiger partial charge >= 0.3 is 0 Å². The van der Waals surface area contributed by atoms with Gasteiger partial charge in [-0.15, -0.1) is 0 Å². The maximum absolute atomic E-state index is 4.16. The number of pyridine rings is 2. The third-order valence-electron chi connectivity index (χ3n) is 4.44. The van der Waals surface area contributed by atoms with Crippen LogP contribution < -0.4 is 5.32 Å². The van der Waals surface area contributed by atoms with Crippen molar-refractivity contribution in [2.75, 3.05) is 18.4 Å². The molecule has 4 nitrogen and oxygen atoms in total. The largest absolute Gasteiger partial charge is 0.381 e. The molecule has 4 heteroatoms. The summed E-state index contributed by atoms with van der Waals surface area (Å²) < 4.78 is 0. The molecular formula is C19H20N4. The molecule has 3 aromatic rings. The van der Waals surface area contributed by atoms with Crippen LogP contribution in [0.1, 0.15) is 12.0 Å². The van der Waals surface area contributed by atoms with Crippen LogP contribution in [0.2, 0.25) is 0 Å². The zero-order valence-electron chi connectivity index (χ0n) is 13.0. The van der Waals surface area contributed by atoms with Gasteiger partial charge in [-0.05, 0) is 47.7 Å². The fraction of sp³-hybridized carbons (Fsp3) is 0.263. The number of nitrogens with one attached hydrogen (secondary N) is 1. The van der Waals surface area contributed by atoms with Gasteiger partial charge in [0.25, 0.3) is 0 Å². The van der Waals surface area contributed by atoms with Crippen LogP contribution in [0.5, 0.6) is 0 Å². The van der Waals surface area contributed by atoms with Crippen LogP contribution in [0.3, 0.4) is 0 Å². The Morgan fingerprint density at radius 1 is 1.00 bits per heavy atom. The number of likely N-dealkylation sites (tertiary alicyclic amines) is 1. The monoisotopic (exact) mass is 304 g/mol. The number of fused-ring (bicyclic) bond motifs is 1. The smallest absolute Gasteiger partial charge is 0.0400 e. The van der Waals surface area contributed by atoms with Crippen LogP contribution in [-0.4, -0.2) is 34.0 Å². The summed E-state index contributed by atoms with van der Waals surface area (Å²) in [6.07, 6.45) is 8.67. The second-order valence-electron chi connectivity index (χ2n) is 6.16. The Balaban J connectivity index is 1.39. The van der Waals surface area contributed by atoms with Crippen LogP contribution >= 0.6 is 0 Å². The number of rotatable bonds is 4. The minimum atomic E-state index is 0.510. The van der Waals surface area contributed by atoms with E-state index in [1.807, 2.05) is 24.8 Å². The Morgan fingerprint density at radius 2 is 1.87 bits per heavy atom. The van der Waals surface area contributed by atoms with Crippen molar-refractivity contribution in [3.63, 3.8) is 0 Å². The third kappa shape index (κ3) is 3.32. The SMILES string of the molecule is c1cc(CN2CCC(Nc3ccc4cnccc4c3)C2)ccn1. The van der Waals surface area contributed by atoms with E-state index >= 15 is 0 Å². The molecule has 1 aliphatic heterocycles. The molecular weight excluding hydrogens is 284 g/mol. The molecule has 1 N–H and O–H groups in total. The molecule has 1 fully saturated rings. The summed E-state index contributed by atoms with van der Waals surface area (Å²) in [6, 6.07) is 13.3. The van der Waals surface area contributed by atoms with E-state index in [4.69, 9.17) is 0 Å². The van der Waals surface area contributed by atoms with Crippen LogP contribution in [-0.2, 0) is 6.54 Å². The molecule has 4 rings (SSSR count). The lowest BCUT2D eigenvalue weighted by Crippen LogP contribution is -2.25. The van der Waals surface area contributed by atoms with E-state index in [1.54, 1.807) is 0 Å². The molecule has 2 aromatic heterocycles. The lowest BCUT2D eigenvalue weighted by Gasteiger charge is -2.17. The molecule has 1 saturated heterocycles. The van der Waals surface area contributed by atoms with Gasteiger partial charge in [0.15, 0.2) is 0 Å². The highest BCUT2D eigenvalue weighted by molar-refractivity contribution is 5.84.